The molecule has 0 amide bonds. The fourth-order valence-electron chi connectivity index (χ4n) is 1.61. The van der Waals surface area contributed by atoms with E-state index in [0.717, 1.165) is 0 Å². The first kappa shape index (κ1) is 10.1. The zero-order valence-electron chi connectivity index (χ0n) is 8.89. The van der Waals surface area contributed by atoms with E-state index in [-0.39, 0.29) is 11.2 Å². The highest BCUT2D eigenvalue weighted by Gasteiger charge is 2.12. The van der Waals surface area contributed by atoms with Crippen molar-refractivity contribution in [3.8, 4) is 23.9 Å². The lowest BCUT2D eigenvalue weighted by Crippen LogP contribution is -2.32. The Morgan fingerprint density at radius 2 is 2.17 bits per heavy atom. The monoisotopic (exact) mass is 242 g/mol. The third kappa shape index (κ3) is 1.28. The number of aromatic amines is 3. The van der Waals surface area contributed by atoms with Crippen LogP contribution in [0.15, 0.2) is 22.0 Å². The molecule has 0 fully saturated rings. The number of hydrogen-bond donors (Lipinski definition) is 3. The number of hydrogen-bond acceptors (Lipinski definition) is 4. The lowest BCUT2D eigenvalue weighted by molar-refractivity contribution is 0.930. The van der Waals surface area contributed by atoms with E-state index in [0.29, 0.717) is 16.0 Å². The van der Waals surface area contributed by atoms with Crippen LogP contribution in [-0.4, -0.2) is 29.7 Å². The summed E-state index contributed by atoms with van der Waals surface area (Å²) < 4.78 is 0.639. The van der Waals surface area contributed by atoms with Crippen LogP contribution in [0.3, 0.4) is 0 Å². The minimum Gasteiger partial charge on any atom is -0.332 e. The number of fused-ring (bicyclic) bond motifs is 1. The van der Waals surface area contributed by atoms with Crippen LogP contribution in [0, 0.1) is 12.5 Å². The third-order valence-corrected chi connectivity index (χ3v) is 2.45. The maximum absolute atomic E-state index is 11.9. The highest BCUT2D eigenvalue weighted by atomic mass is 16.2. The van der Waals surface area contributed by atoms with Crippen LogP contribution in [0.4, 0.5) is 0 Å². The molecule has 0 spiro atoms. The molecule has 0 atom stereocenters. The first-order chi connectivity index (χ1) is 8.70. The molecule has 3 aromatic heterocycles. The quantitative estimate of drug-likeness (QED) is 0.487. The van der Waals surface area contributed by atoms with E-state index in [1.54, 1.807) is 6.20 Å². The highest BCUT2D eigenvalue weighted by molar-refractivity contribution is 5.74. The summed E-state index contributed by atoms with van der Waals surface area (Å²) in [6.45, 7) is 0. The topological polar surface area (TPSA) is 112 Å². The van der Waals surface area contributed by atoms with Crippen LogP contribution >= 0.6 is 0 Å². The Morgan fingerprint density at radius 3 is 2.83 bits per heavy atom. The van der Waals surface area contributed by atoms with E-state index < -0.39 is 11.2 Å². The van der Waals surface area contributed by atoms with Crippen molar-refractivity contribution in [3.05, 3.63) is 33.2 Å². The van der Waals surface area contributed by atoms with Gasteiger partial charge in [-0.1, -0.05) is 6.42 Å². The Labute approximate surface area is 98.7 Å². The van der Waals surface area contributed by atoms with Gasteiger partial charge in [0.1, 0.15) is 5.82 Å². The molecule has 0 radical (unpaired) electrons. The van der Waals surface area contributed by atoms with Gasteiger partial charge in [-0.2, -0.15) is 9.67 Å². The molecular formula is C10H6N6O2. The van der Waals surface area contributed by atoms with Crippen molar-refractivity contribution in [1.82, 2.24) is 29.7 Å². The number of terminal acetylenes is 1. The molecule has 88 valence electrons. The summed E-state index contributed by atoms with van der Waals surface area (Å²) in [7, 11) is 0. The number of H-pyrrole nitrogens is 3. The zero-order chi connectivity index (χ0) is 12.7. The fraction of sp³-hybridized carbons (Fsp3) is 0. The minimum absolute atomic E-state index is 0.142. The number of imidazole rings is 1. The summed E-state index contributed by atoms with van der Waals surface area (Å²) in [5.74, 6) is 0.418. The molecule has 0 aliphatic carbocycles. The van der Waals surface area contributed by atoms with Crippen molar-refractivity contribution in [3.63, 3.8) is 0 Å². The van der Waals surface area contributed by atoms with Crippen LogP contribution in [0.2, 0.25) is 0 Å². The van der Waals surface area contributed by atoms with E-state index in [1.807, 2.05) is 6.04 Å². The van der Waals surface area contributed by atoms with Gasteiger partial charge in [-0.05, 0) is 0 Å². The van der Waals surface area contributed by atoms with Gasteiger partial charge in [-0.25, -0.2) is 9.78 Å². The molecule has 8 nitrogen and oxygen atoms in total. The Bertz CT molecular complexity index is 874. The van der Waals surface area contributed by atoms with E-state index in [9.17, 15) is 9.59 Å². The van der Waals surface area contributed by atoms with Gasteiger partial charge in [0.25, 0.3) is 5.56 Å². The second-order valence-electron chi connectivity index (χ2n) is 3.50. The maximum atomic E-state index is 11.9. The summed E-state index contributed by atoms with van der Waals surface area (Å²) >= 11 is 0. The molecule has 8 heteroatoms. The normalized spacial score (nSPS) is 10.6. The van der Waals surface area contributed by atoms with Crippen molar-refractivity contribution in [1.29, 1.82) is 0 Å². The summed E-state index contributed by atoms with van der Waals surface area (Å²) in [5, 5.41) is 6.39. The molecule has 0 saturated carbocycles. The van der Waals surface area contributed by atoms with Gasteiger partial charge in [0, 0.05) is 12.2 Å². The SMILES string of the molecule is C#Cn1c(=O)[nH]c2nc(-c3cn[nH]c3)[nH]c2c1=O. The van der Waals surface area contributed by atoms with Gasteiger partial charge in [0.2, 0.25) is 0 Å². The molecule has 3 heterocycles. The Hall–Kier alpha value is -3.08. The van der Waals surface area contributed by atoms with Crippen molar-refractivity contribution in [2.45, 2.75) is 0 Å². The highest BCUT2D eigenvalue weighted by Crippen LogP contribution is 2.14. The van der Waals surface area contributed by atoms with Gasteiger partial charge in [-0.3, -0.25) is 14.9 Å². The Kier molecular flexibility index (Phi) is 1.94. The predicted molar refractivity (Wildman–Crippen MR) is 62.8 cm³/mol. The lowest BCUT2D eigenvalue weighted by atomic mass is 10.3. The van der Waals surface area contributed by atoms with Crippen molar-refractivity contribution >= 4 is 11.2 Å². The minimum atomic E-state index is -0.694. The van der Waals surface area contributed by atoms with Crippen LogP contribution in [0.25, 0.3) is 22.6 Å². The average molecular weight is 242 g/mol. The molecule has 0 aromatic carbocycles. The molecule has 0 aliphatic rings. The molecule has 18 heavy (non-hydrogen) atoms. The summed E-state index contributed by atoms with van der Waals surface area (Å²) in [4.78, 5) is 32.7. The molecule has 0 saturated heterocycles. The lowest BCUT2D eigenvalue weighted by Gasteiger charge is -1.92. The van der Waals surface area contributed by atoms with Crippen LogP contribution in [0.5, 0.6) is 0 Å². The Balaban J connectivity index is 2.39. The van der Waals surface area contributed by atoms with E-state index >= 15 is 0 Å². The molecule has 3 aromatic rings. The van der Waals surface area contributed by atoms with Gasteiger partial charge in [-0.15, -0.1) is 0 Å². The predicted octanol–water partition coefficient (Wildman–Crippen LogP) is -0.758. The fourth-order valence-corrected chi connectivity index (χ4v) is 1.61. The summed E-state index contributed by atoms with van der Waals surface area (Å²) in [6.07, 6.45) is 8.23. The van der Waals surface area contributed by atoms with Crippen molar-refractivity contribution < 1.29 is 0 Å². The maximum Gasteiger partial charge on any atom is 0.342 e. The van der Waals surface area contributed by atoms with Crippen molar-refractivity contribution in [2.24, 2.45) is 0 Å². The van der Waals surface area contributed by atoms with Gasteiger partial charge in [0.05, 0.1) is 11.8 Å². The first-order valence-electron chi connectivity index (χ1n) is 4.91. The molecule has 3 N–H and O–H groups in total. The van der Waals surface area contributed by atoms with Gasteiger partial charge < -0.3 is 4.98 Å². The molecular weight excluding hydrogens is 236 g/mol. The standard InChI is InChI=1S/C10H6N6O2/c1-2-16-9(17)6-8(15-10(16)18)14-7(13-6)5-3-11-12-4-5/h1,3-4H,(H,11,12)(H,13,14)(H,15,18). The molecule has 0 aliphatic heterocycles. The van der Waals surface area contributed by atoms with Gasteiger partial charge >= 0.3 is 5.69 Å². The number of nitrogens with one attached hydrogen (secondary N) is 3. The Morgan fingerprint density at radius 1 is 1.33 bits per heavy atom. The van der Waals surface area contributed by atoms with Gasteiger partial charge in [0.15, 0.2) is 11.2 Å². The van der Waals surface area contributed by atoms with Crippen LogP contribution in [-0.2, 0) is 0 Å². The number of nitrogens with zero attached hydrogens (tertiary/aromatic N) is 3. The molecule has 0 unspecified atom stereocenters. The number of rotatable bonds is 1. The second kappa shape index (κ2) is 3.46. The van der Waals surface area contributed by atoms with Crippen LogP contribution < -0.4 is 11.2 Å². The molecule has 0 bridgehead atoms. The smallest absolute Gasteiger partial charge is 0.332 e. The van der Waals surface area contributed by atoms with E-state index in [2.05, 4.69) is 25.1 Å². The van der Waals surface area contributed by atoms with E-state index in [1.165, 1.54) is 6.20 Å². The number of aromatic nitrogens is 6. The zero-order valence-corrected chi connectivity index (χ0v) is 8.89. The van der Waals surface area contributed by atoms with E-state index in [4.69, 9.17) is 6.42 Å². The average Bonchev–Trinajstić information content (AvgIpc) is 2.96. The first-order valence-corrected chi connectivity index (χ1v) is 4.91. The second-order valence-corrected chi connectivity index (χ2v) is 3.50. The van der Waals surface area contributed by atoms with Crippen molar-refractivity contribution in [2.75, 3.05) is 0 Å². The molecule has 3 rings (SSSR count). The van der Waals surface area contributed by atoms with Crippen LogP contribution in [0.1, 0.15) is 0 Å². The third-order valence-electron chi connectivity index (χ3n) is 2.45. The summed E-state index contributed by atoms with van der Waals surface area (Å²) in [6, 6.07) is 1.99. The summed E-state index contributed by atoms with van der Waals surface area (Å²) in [5.41, 5.74) is -0.339. The largest absolute Gasteiger partial charge is 0.342 e.